The zero-order valence-electron chi connectivity index (χ0n) is 10.8. The second-order valence-electron chi connectivity index (χ2n) is 4.82. The molecular weight excluding hydrogens is 330 g/mol. The first-order chi connectivity index (χ1) is 9.06. The second-order valence-corrected chi connectivity index (χ2v) is 6.15. The Balaban J connectivity index is 1.92. The lowest BCUT2D eigenvalue weighted by Crippen LogP contribution is -2.41. The molecule has 1 aliphatic carbocycles. The fourth-order valence-corrected chi connectivity index (χ4v) is 2.92. The van der Waals surface area contributed by atoms with Crippen molar-refractivity contribution in [2.45, 2.75) is 44.8 Å². The predicted octanol–water partition coefficient (Wildman–Crippen LogP) is 3.93. The van der Waals surface area contributed by atoms with Crippen molar-refractivity contribution in [3.63, 3.8) is 0 Å². The van der Waals surface area contributed by atoms with E-state index >= 15 is 0 Å². The maximum atomic E-state index is 12.0. The average molecular weight is 347 g/mol. The molecule has 0 aromatic heterocycles. The van der Waals surface area contributed by atoms with Crippen molar-refractivity contribution >= 4 is 33.4 Å². The van der Waals surface area contributed by atoms with Crippen molar-refractivity contribution in [2.75, 3.05) is 0 Å². The number of nitrogens with one attached hydrogen (secondary N) is 1. The van der Waals surface area contributed by atoms with E-state index in [1.165, 1.54) is 12.8 Å². The maximum Gasteiger partial charge on any atom is 0.260 e. The van der Waals surface area contributed by atoms with Gasteiger partial charge < -0.3 is 10.1 Å². The topological polar surface area (TPSA) is 38.3 Å². The Morgan fingerprint density at radius 1 is 1.47 bits per heavy atom. The molecule has 19 heavy (non-hydrogen) atoms. The molecule has 1 aromatic rings. The van der Waals surface area contributed by atoms with Gasteiger partial charge in [-0.3, -0.25) is 4.79 Å². The summed E-state index contributed by atoms with van der Waals surface area (Å²) in [5, 5.41) is 3.51. The van der Waals surface area contributed by atoms with E-state index in [1.807, 2.05) is 6.07 Å². The third kappa shape index (κ3) is 4.11. The van der Waals surface area contributed by atoms with Gasteiger partial charge in [0.2, 0.25) is 0 Å². The number of benzene rings is 1. The van der Waals surface area contributed by atoms with Crippen molar-refractivity contribution in [3.8, 4) is 5.75 Å². The number of halogens is 2. The Bertz CT molecular complexity index is 461. The molecule has 1 saturated carbocycles. The molecule has 0 saturated heterocycles. The molecule has 1 N–H and O–H groups in total. The minimum Gasteiger partial charge on any atom is -0.479 e. The van der Waals surface area contributed by atoms with Gasteiger partial charge in [0.05, 0.1) is 5.02 Å². The van der Waals surface area contributed by atoms with Crippen LogP contribution in [0.15, 0.2) is 22.7 Å². The van der Waals surface area contributed by atoms with Gasteiger partial charge in [-0.2, -0.15) is 0 Å². The molecular formula is C14H17BrClNO2. The quantitative estimate of drug-likeness (QED) is 0.897. The van der Waals surface area contributed by atoms with Crippen LogP contribution in [0, 0.1) is 0 Å². The van der Waals surface area contributed by atoms with Gasteiger partial charge in [-0.25, -0.2) is 0 Å². The van der Waals surface area contributed by atoms with Crippen LogP contribution >= 0.6 is 27.5 Å². The SMILES string of the molecule is C[C@@H](Oc1ccc(Br)cc1Cl)C(=O)NC1CCCC1. The van der Waals surface area contributed by atoms with Crippen LogP contribution in [0.5, 0.6) is 5.75 Å². The number of rotatable bonds is 4. The highest BCUT2D eigenvalue weighted by molar-refractivity contribution is 9.10. The normalized spacial score (nSPS) is 17.2. The van der Waals surface area contributed by atoms with E-state index < -0.39 is 6.10 Å². The summed E-state index contributed by atoms with van der Waals surface area (Å²) in [5.41, 5.74) is 0. The van der Waals surface area contributed by atoms with Crippen LogP contribution in [0.4, 0.5) is 0 Å². The third-order valence-electron chi connectivity index (χ3n) is 3.27. The Morgan fingerprint density at radius 3 is 2.79 bits per heavy atom. The van der Waals surface area contributed by atoms with E-state index in [2.05, 4.69) is 21.2 Å². The number of hydrogen-bond acceptors (Lipinski definition) is 2. The molecule has 0 heterocycles. The van der Waals surface area contributed by atoms with Crippen molar-refractivity contribution in [1.29, 1.82) is 0 Å². The minimum atomic E-state index is -0.542. The van der Waals surface area contributed by atoms with E-state index in [0.29, 0.717) is 16.8 Å². The molecule has 1 atom stereocenters. The number of hydrogen-bond donors (Lipinski definition) is 1. The van der Waals surface area contributed by atoms with Crippen LogP contribution in [-0.4, -0.2) is 18.1 Å². The summed E-state index contributed by atoms with van der Waals surface area (Å²) in [6.45, 7) is 1.74. The van der Waals surface area contributed by atoms with Crippen molar-refractivity contribution in [3.05, 3.63) is 27.7 Å². The lowest BCUT2D eigenvalue weighted by Gasteiger charge is -2.18. The summed E-state index contributed by atoms with van der Waals surface area (Å²) in [6.07, 6.45) is 3.98. The highest BCUT2D eigenvalue weighted by Gasteiger charge is 2.22. The molecule has 1 aromatic carbocycles. The standard InChI is InChI=1S/C14H17BrClNO2/c1-9(14(18)17-11-4-2-3-5-11)19-13-7-6-10(15)8-12(13)16/h6-9,11H,2-5H2,1H3,(H,17,18)/t9-/m1/s1. The zero-order valence-corrected chi connectivity index (χ0v) is 13.1. The molecule has 0 radical (unpaired) electrons. The van der Waals surface area contributed by atoms with Crippen molar-refractivity contribution in [2.24, 2.45) is 0 Å². The Hall–Kier alpha value is -0.740. The third-order valence-corrected chi connectivity index (χ3v) is 4.06. The molecule has 1 aliphatic rings. The van der Waals surface area contributed by atoms with Crippen molar-refractivity contribution < 1.29 is 9.53 Å². The molecule has 1 fully saturated rings. The summed E-state index contributed by atoms with van der Waals surface area (Å²) in [6, 6.07) is 5.64. The number of ether oxygens (including phenoxy) is 1. The van der Waals surface area contributed by atoms with E-state index in [-0.39, 0.29) is 5.91 Å². The van der Waals surface area contributed by atoms with E-state index in [4.69, 9.17) is 16.3 Å². The molecule has 0 spiro atoms. The van der Waals surface area contributed by atoms with Crippen LogP contribution in [0.1, 0.15) is 32.6 Å². The number of carbonyl (C=O) groups excluding carboxylic acids is 1. The highest BCUT2D eigenvalue weighted by Crippen LogP contribution is 2.28. The summed E-state index contributed by atoms with van der Waals surface area (Å²) >= 11 is 9.39. The van der Waals surface area contributed by atoms with E-state index in [0.717, 1.165) is 17.3 Å². The van der Waals surface area contributed by atoms with Gasteiger partial charge >= 0.3 is 0 Å². The Morgan fingerprint density at radius 2 is 2.16 bits per heavy atom. The molecule has 1 amide bonds. The number of carbonyl (C=O) groups is 1. The van der Waals surface area contributed by atoms with Crippen LogP contribution in [-0.2, 0) is 4.79 Å². The molecule has 3 nitrogen and oxygen atoms in total. The summed E-state index contributed by atoms with van der Waals surface area (Å²) in [5.74, 6) is 0.449. The van der Waals surface area contributed by atoms with Gasteiger partial charge in [0.1, 0.15) is 5.75 Å². The van der Waals surface area contributed by atoms with Gasteiger partial charge in [0.15, 0.2) is 6.10 Å². The number of amides is 1. The first kappa shape index (κ1) is 14.7. The summed E-state index contributed by atoms with van der Waals surface area (Å²) in [4.78, 5) is 12.0. The maximum absolute atomic E-state index is 12.0. The summed E-state index contributed by atoms with van der Waals surface area (Å²) in [7, 11) is 0. The van der Waals surface area contributed by atoms with Gasteiger partial charge in [-0.1, -0.05) is 40.4 Å². The largest absolute Gasteiger partial charge is 0.479 e. The van der Waals surface area contributed by atoms with Gasteiger partial charge in [0.25, 0.3) is 5.91 Å². The Kier molecular flexibility index (Phi) is 5.11. The molecule has 104 valence electrons. The highest BCUT2D eigenvalue weighted by atomic mass is 79.9. The van der Waals surface area contributed by atoms with Gasteiger partial charge in [0, 0.05) is 10.5 Å². The zero-order chi connectivity index (χ0) is 13.8. The van der Waals surface area contributed by atoms with Gasteiger partial charge in [-0.15, -0.1) is 0 Å². The first-order valence-corrected chi connectivity index (χ1v) is 7.65. The van der Waals surface area contributed by atoms with E-state index in [1.54, 1.807) is 19.1 Å². The van der Waals surface area contributed by atoms with Crippen LogP contribution in [0.2, 0.25) is 5.02 Å². The molecule has 0 bridgehead atoms. The molecule has 2 rings (SSSR count). The molecule has 0 aliphatic heterocycles. The van der Waals surface area contributed by atoms with E-state index in [9.17, 15) is 4.79 Å². The monoisotopic (exact) mass is 345 g/mol. The lowest BCUT2D eigenvalue weighted by molar-refractivity contribution is -0.127. The summed E-state index contributed by atoms with van der Waals surface area (Å²) < 4.78 is 6.49. The smallest absolute Gasteiger partial charge is 0.260 e. The predicted molar refractivity (Wildman–Crippen MR) is 79.6 cm³/mol. The van der Waals surface area contributed by atoms with Gasteiger partial charge in [-0.05, 0) is 38.0 Å². The Labute approximate surface area is 126 Å². The fraction of sp³-hybridized carbons (Fsp3) is 0.500. The second kappa shape index (κ2) is 6.62. The van der Waals surface area contributed by atoms with Crippen molar-refractivity contribution in [1.82, 2.24) is 5.32 Å². The van der Waals surface area contributed by atoms with Crippen LogP contribution in [0.3, 0.4) is 0 Å². The minimum absolute atomic E-state index is 0.0779. The van der Waals surface area contributed by atoms with Crippen LogP contribution in [0.25, 0.3) is 0 Å². The first-order valence-electron chi connectivity index (χ1n) is 6.48. The molecule has 5 heteroatoms. The average Bonchev–Trinajstić information content (AvgIpc) is 2.85. The fourth-order valence-electron chi connectivity index (χ4n) is 2.20. The lowest BCUT2D eigenvalue weighted by atomic mass is 10.2. The molecule has 0 unspecified atom stereocenters. The van der Waals surface area contributed by atoms with Crippen LogP contribution < -0.4 is 10.1 Å².